The number of ether oxygens (including phenoxy) is 3. The van der Waals surface area contributed by atoms with Gasteiger partial charge in [0.1, 0.15) is 30.2 Å². The average Bonchev–Trinajstić information content (AvgIpc) is 1.39. The van der Waals surface area contributed by atoms with Gasteiger partial charge in [0.15, 0.2) is 0 Å². The molecule has 0 aromatic heterocycles. The summed E-state index contributed by atoms with van der Waals surface area (Å²) in [4.78, 5) is 143. The molecule has 3 aromatic rings. The number of nitrogens with one attached hydrogen (secondary N) is 7. The molecule has 2 fully saturated rings. The van der Waals surface area contributed by atoms with Crippen molar-refractivity contribution in [3.05, 3.63) is 107 Å². The highest BCUT2D eigenvalue weighted by atomic mass is 19.4. The lowest BCUT2D eigenvalue weighted by molar-refractivity contribution is -0.197. The molecule has 600 valence electrons. The largest absolute Gasteiger partial charge is 0.420 e. The fraction of sp³-hybridized carbons (Fsp3) is 0.600. The Kier molecular flexibility index (Phi) is 34.6. The van der Waals surface area contributed by atoms with Crippen molar-refractivity contribution < 1.29 is 97.3 Å². The molecule has 108 heavy (non-hydrogen) atoms. The summed E-state index contributed by atoms with van der Waals surface area (Å²) in [7, 11) is 8.13. The number of carbonyl (C=O) groups excluding carboxylic acids is 10. The normalized spacial score (nSPS) is 18.0. The van der Waals surface area contributed by atoms with E-state index in [4.69, 9.17) is 15.2 Å². The Labute approximate surface area is 625 Å². The molecule has 2 aliphatic rings. The highest BCUT2D eigenvalue weighted by molar-refractivity contribution is 5.98. The molecule has 5 rings (SSSR count). The predicted octanol–water partition coefficient (Wildman–Crippen LogP) is 7.33. The lowest BCUT2D eigenvalue weighted by Crippen LogP contribution is -2.59. The number of nitrogens with zero attached hydrogens (tertiary/aromatic N) is 4. The van der Waals surface area contributed by atoms with E-state index in [0.717, 1.165) is 10.5 Å². The summed E-state index contributed by atoms with van der Waals surface area (Å²) < 4.78 is 129. The van der Waals surface area contributed by atoms with Gasteiger partial charge in [0.2, 0.25) is 82.1 Å². The van der Waals surface area contributed by atoms with E-state index >= 15 is 0 Å². The van der Waals surface area contributed by atoms with Gasteiger partial charge in [-0.1, -0.05) is 110 Å². The van der Waals surface area contributed by atoms with Crippen molar-refractivity contribution in [2.45, 2.75) is 199 Å². The van der Waals surface area contributed by atoms with Crippen molar-refractivity contribution in [1.82, 2.24) is 51.5 Å². The molecule has 0 saturated carbocycles. The number of alkyl halides is 3. The minimum absolute atomic E-state index is 0.000236. The topological polar surface area (TPSA) is 322 Å². The third-order valence-corrected chi connectivity index (χ3v) is 19.6. The molecule has 0 bridgehead atoms. The van der Waals surface area contributed by atoms with E-state index in [0.29, 0.717) is 36.9 Å². The summed E-state index contributed by atoms with van der Waals surface area (Å²) in [5, 5.41) is 19.2. The first kappa shape index (κ1) is 89.8. The van der Waals surface area contributed by atoms with Gasteiger partial charge < -0.3 is 67.0 Å². The highest BCUT2D eigenvalue weighted by Crippen LogP contribution is 2.37. The second kappa shape index (κ2) is 41.7. The third kappa shape index (κ3) is 24.9. The number of carbonyl (C=O) groups is 10. The molecule has 33 heteroatoms. The Hall–Kier alpha value is -8.82. The number of amides is 10. The molecule has 2 heterocycles. The molecule has 9 N–H and O–H groups in total. The number of hydrogen-bond donors (Lipinski definition) is 8. The van der Waals surface area contributed by atoms with Gasteiger partial charge in [0.25, 0.3) is 0 Å². The van der Waals surface area contributed by atoms with E-state index in [2.05, 4.69) is 48.5 Å². The first-order chi connectivity index (χ1) is 50.8. The van der Waals surface area contributed by atoms with Crippen molar-refractivity contribution in [3.63, 3.8) is 0 Å². The van der Waals surface area contributed by atoms with Gasteiger partial charge in [-0.15, -0.1) is 0 Å². The van der Waals surface area contributed by atoms with E-state index in [1.165, 1.54) is 31.3 Å². The molecule has 12 atom stereocenters. The lowest BCUT2D eigenvalue weighted by Gasteiger charge is -2.39. The average molecular weight is 1540 g/mol. The van der Waals surface area contributed by atoms with E-state index in [1.807, 2.05) is 46.8 Å². The number of rotatable bonds is 39. The number of primary amides is 1. The second-order valence-electron chi connectivity index (χ2n) is 28.7. The maximum Gasteiger partial charge on any atom is 0.404 e. The van der Waals surface area contributed by atoms with Crippen molar-refractivity contribution in [1.29, 1.82) is 0 Å². The zero-order valence-electron chi connectivity index (χ0n) is 63.6. The molecular weight excluding hydrogens is 1430 g/mol. The summed E-state index contributed by atoms with van der Waals surface area (Å²) in [6, 6.07) is 5.67. The van der Waals surface area contributed by atoms with Gasteiger partial charge in [-0.25, -0.2) is 18.0 Å². The van der Waals surface area contributed by atoms with Crippen molar-refractivity contribution in [2.75, 3.05) is 66.9 Å². The van der Waals surface area contributed by atoms with Gasteiger partial charge in [-0.3, -0.25) is 53.0 Å². The smallest absolute Gasteiger partial charge is 0.404 e. The van der Waals surface area contributed by atoms with E-state index in [-0.39, 0.29) is 93.4 Å². The van der Waals surface area contributed by atoms with Gasteiger partial charge in [-0.2, -0.15) is 22.0 Å². The van der Waals surface area contributed by atoms with Crippen LogP contribution in [0.2, 0.25) is 0 Å². The predicted molar refractivity (Wildman–Crippen MR) is 385 cm³/mol. The first-order valence-electron chi connectivity index (χ1n) is 36.2. The van der Waals surface area contributed by atoms with Crippen molar-refractivity contribution in [3.8, 4) is 5.75 Å². The van der Waals surface area contributed by atoms with Crippen LogP contribution in [0, 0.1) is 58.7 Å². The Bertz CT molecular complexity index is 3560. The molecule has 2 unspecified atom stereocenters. The number of methoxy groups -OCH3 is 2. The van der Waals surface area contributed by atoms with Crippen molar-refractivity contribution >= 4 is 64.9 Å². The van der Waals surface area contributed by atoms with Crippen LogP contribution in [-0.2, 0) is 65.6 Å². The fourth-order valence-electron chi connectivity index (χ4n) is 13.7. The number of benzene rings is 3. The summed E-state index contributed by atoms with van der Waals surface area (Å²) >= 11 is 0. The number of likely N-dealkylation sites (N-methyl/N-ethyl adjacent to an activating group) is 2. The number of anilines is 1. The number of piperidine rings is 1. The third-order valence-electron chi connectivity index (χ3n) is 19.6. The van der Waals surface area contributed by atoms with E-state index < -0.39 is 180 Å². The molecule has 2 saturated heterocycles. The molecule has 0 aliphatic carbocycles. The Morgan fingerprint density at radius 2 is 1.28 bits per heavy atom. The number of nitrogens with two attached hydrogens (primary N) is 1. The maximum atomic E-state index is 14.6. The fourth-order valence-corrected chi connectivity index (χ4v) is 13.7. The molecule has 10 amide bonds. The maximum absolute atomic E-state index is 14.6. The highest BCUT2D eigenvalue weighted by Gasteiger charge is 2.49. The minimum Gasteiger partial charge on any atom is -0.420 e. The molecule has 0 spiro atoms. The SMILES string of the molecule is C=C(CC)[C@@H]([C@@H](CC(=O)N1CCC[C@H]1[C@H](OC)[C@@H](C)C(=O)N[C@@H](Cc1ccccc1)C(=O)NCc1ccc(NC(=O)[C@H](CCCNC(N)=O)NC(=O)[C@@H](NC(=O)CCCN2CCC(C(=O)Oc3c(F)c(F)c(F)c(F)c3F)CC2C(F)(F)F)C(C)C)cc1)OC)N(C)C(=O)[C@@H](NC(=O)[C@H](C(C)C)N(C)C)C(C)C. The molecule has 0 radical (unpaired) electrons. The number of hydrogen-bond acceptors (Lipinski definition) is 15. The lowest BCUT2D eigenvalue weighted by atomic mass is 9.90. The number of halogens is 8. The molecule has 3 aromatic carbocycles. The minimum atomic E-state index is -5.00. The Morgan fingerprint density at radius 3 is 1.83 bits per heavy atom. The zero-order valence-corrected chi connectivity index (χ0v) is 63.6. The van der Waals surface area contributed by atoms with Crippen LogP contribution < -0.4 is 47.7 Å². The van der Waals surface area contributed by atoms with Crippen LogP contribution in [0.3, 0.4) is 0 Å². The summed E-state index contributed by atoms with van der Waals surface area (Å²) in [5.41, 5.74) is 7.42. The van der Waals surface area contributed by atoms with Crippen LogP contribution in [0.5, 0.6) is 5.75 Å². The zero-order chi connectivity index (χ0) is 80.8. The van der Waals surface area contributed by atoms with Gasteiger partial charge in [0.05, 0.1) is 48.6 Å². The first-order valence-corrected chi connectivity index (χ1v) is 36.2. The summed E-state index contributed by atoms with van der Waals surface area (Å²) in [5.74, 6) is -23.9. The van der Waals surface area contributed by atoms with Crippen LogP contribution in [0.1, 0.15) is 131 Å². The van der Waals surface area contributed by atoms with Crippen molar-refractivity contribution in [2.24, 2.45) is 35.3 Å². The molecule has 25 nitrogen and oxygen atoms in total. The van der Waals surface area contributed by atoms with E-state index in [9.17, 15) is 83.1 Å². The molecule has 2 aliphatic heterocycles. The Morgan fingerprint density at radius 1 is 0.667 bits per heavy atom. The second-order valence-corrected chi connectivity index (χ2v) is 28.7. The van der Waals surface area contributed by atoms with Gasteiger partial charge in [0, 0.05) is 59.4 Å². The van der Waals surface area contributed by atoms with Crippen LogP contribution in [0.15, 0.2) is 66.7 Å². The van der Waals surface area contributed by atoms with Crippen LogP contribution in [0.25, 0.3) is 0 Å². The van der Waals surface area contributed by atoms with Crippen LogP contribution in [0.4, 0.5) is 45.6 Å². The quantitative estimate of drug-likeness (QED) is 0.00527. The number of urea groups is 1. The monoisotopic (exact) mass is 1530 g/mol. The summed E-state index contributed by atoms with van der Waals surface area (Å²) in [6.45, 7) is 18.0. The number of esters is 1. The van der Waals surface area contributed by atoms with Gasteiger partial charge >= 0.3 is 18.2 Å². The standard InChI is InChI=1S/C75H106F8N12O13/c1-15-43(8)64(93(12)72(103)62(41(4)5)91-71(102)63(42(6)7)92(10)11)52(106-13)38-55(97)95-34-20-25-51(95)65(107-14)44(9)67(98)89-50(36-45-22-17-16-18-23-45)68(99)86-39-46-27-29-48(30-28-46)87-69(100)49(24-19-32-85-74(84)105)88-70(101)61(40(2)3)90-54(96)26-21-33-94-35-31-47(37-53(94)75(81,82)83)73(104)108-66-59(79)57(77)56(76)58(78)60(66)80/h16-18,22-23,27-30,40-42,44,47,49-53,61-65H,8,15,19-21,24-26,31-39H2,1-7,9-14H3,(H,86,99)(H,87,100)(H,88,101)(H,89,98)(H,90,96)(H,91,102)(H3,84,85,105)/t44-,47?,49+,50+,51+,52-,53?,61+,62+,63+,64+,65-/m1/s1. The molecular formula is C75H106F8N12O13. The van der Waals surface area contributed by atoms with Gasteiger partial charge in [-0.05, 0) is 120 Å². The Balaban J connectivity index is 1.21. The van der Waals surface area contributed by atoms with E-state index in [1.54, 1.807) is 82.0 Å². The summed E-state index contributed by atoms with van der Waals surface area (Å²) in [6.07, 6.45) is -7.22. The van der Waals surface area contributed by atoms with Crippen LogP contribution in [-0.4, -0.2) is 207 Å². The number of likely N-dealkylation sites (tertiary alicyclic amines) is 2. The van der Waals surface area contributed by atoms with Crippen LogP contribution >= 0.6 is 0 Å².